The molecule has 0 bridgehead atoms. The van der Waals surface area contributed by atoms with Crippen LogP contribution < -0.4 is 0 Å². The van der Waals surface area contributed by atoms with Gasteiger partial charge in [0.15, 0.2) is 0 Å². The van der Waals surface area contributed by atoms with Crippen molar-refractivity contribution in [2.45, 2.75) is 13.8 Å². The van der Waals surface area contributed by atoms with Crippen molar-refractivity contribution in [1.82, 2.24) is 0 Å². The fourth-order valence-corrected chi connectivity index (χ4v) is 0.600. The molecule has 0 heterocycles. The minimum atomic E-state index is 0. The predicted molar refractivity (Wildman–Crippen MR) is 31.5 cm³/mol. The molecule has 0 fully saturated rings. The Kier molecular flexibility index (Phi) is 2.93. The van der Waals surface area contributed by atoms with Crippen LogP contribution in [0.5, 0.6) is 0 Å². The van der Waals surface area contributed by atoms with Gasteiger partial charge in [0.05, 0.1) is 0 Å². The number of rotatable bonds is 0. The molecule has 0 aliphatic rings. The van der Waals surface area contributed by atoms with Crippen molar-refractivity contribution in [2.75, 3.05) is 0 Å². The molecule has 1 rings (SSSR count). The van der Waals surface area contributed by atoms with Crippen LogP contribution in [0.2, 0.25) is 0 Å². The molecular formula is C7H9Ni-. The van der Waals surface area contributed by atoms with Crippen LogP contribution in [-0.4, -0.2) is 0 Å². The molecule has 1 aromatic carbocycles. The second kappa shape index (κ2) is 2.99. The van der Waals surface area contributed by atoms with E-state index in [0.717, 1.165) is 0 Å². The first-order valence-corrected chi connectivity index (χ1v) is 2.49. The second-order valence-electron chi connectivity index (χ2n) is 1.89. The Morgan fingerprint density at radius 2 is 2.12 bits per heavy atom. The van der Waals surface area contributed by atoms with Gasteiger partial charge < -0.3 is 0 Å². The van der Waals surface area contributed by atoms with Gasteiger partial charge in [0.2, 0.25) is 0 Å². The van der Waals surface area contributed by atoms with E-state index in [-0.39, 0.29) is 16.5 Å². The van der Waals surface area contributed by atoms with Crippen LogP contribution >= 0.6 is 0 Å². The van der Waals surface area contributed by atoms with Gasteiger partial charge >= 0.3 is 0 Å². The monoisotopic (exact) mass is 151 g/mol. The summed E-state index contributed by atoms with van der Waals surface area (Å²) in [5, 5.41) is 0. The van der Waals surface area contributed by atoms with Gasteiger partial charge in [0.25, 0.3) is 0 Å². The third-order valence-electron chi connectivity index (χ3n) is 1.31. The van der Waals surface area contributed by atoms with Crippen LogP contribution in [0.25, 0.3) is 0 Å². The zero-order chi connectivity index (χ0) is 5.28. The van der Waals surface area contributed by atoms with Crippen molar-refractivity contribution < 1.29 is 16.5 Å². The number of hydrogen-bond acceptors (Lipinski definition) is 0. The number of hydrogen-bond donors (Lipinski definition) is 0. The molecule has 0 radical (unpaired) electrons. The van der Waals surface area contributed by atoms with E-state index in [4.69, 9.17) is 0 Å². The molecule has 1 aromatic rings. The van der Waals surface area contributed by atoms with Gasteiger partial charge in [-0.1, -0.05) is 13.8 Å². The summed E-state index contributed by atoms with van der Waals surface area (Å²) in [5.41, 5.74) is 2.78. The maximum atomic E-state index is 2.12. The summed E-state index contributed by atoms with van der Waals surface area (Å²) < 4.78 is 0. The van der Waals surface area contributed by atoms with Gasteiger partial charge in [-0.15, -0.1) is 0 Å². The van der Waals surface area contributed by atoms with Crippen LogP contribution in [-0.2, 0) is 16.5 Å². The molecule has 0 nitrogen and oxygen atoms in total. The van der Waals surface area contributed by atoms with Crippen molar-refractivity contribution >= 4 is 0 Å². The van der Waals surface area contributed by atoms with Crippen molar-refractivity contribution in [1.29, 1.82) is 0 Å². The van der Waals surface area contributed by atoms with Crippen molar-refractivity contribution in [3.05, 3.63) is 29.3 Å². The summed E-state index contributed by atoms with van der Waals surface area (Å²) in [6.45, 7) is 4.24. The standard InChI is InChI=1S/C7H9.Ni/c1-6-4-3-5-7(6)2;/h3-5H,1-2H3;/q-1;. The van der Waals surface area contributed by atoms with E-state index < -0.39 is 0 Å². The number of aryl methyl sites for hydroxylation is 2. The molecule has 0 amide bonds. The van der Waals surface area contributed by atoms with Crippen LogP contribution in [0.3, 0.4) is 0 Å². The zero-order valence-corrected chi connectivity index (χ0v) is 6.04. The first-order chi connectivity index (χ1) is 3.30. The summed E-state index contributed by atoms with van der Waals surface area (Å²) >= 11 is 0. The summed E-state index contributed by atoms with van der Waals surface area (Å²) in [4.78, 5) is 0. The molecular weight excluding hydrogens is 143 g/mol. The van der Waals surface area contributed by atoms with Gasteiger partial charge in [-0.2, -0.15) is 17.2 Å². The Hall–Kier alpha value is -0.156. The van der Waals surface area contributed by atoms with Gasteiger partial charge in [-0.25, -0.2) is 12.1 Å². The minimum absolute atomic E-state index is 0. The smallest absolute Gasteiger partial charge is 0 e. The van der Waals surface area contributed by atoms with Crippen LogP contribution in [0, 0.1) is 13.8 Å². The van der Waals surface area contributed by atoms with Gasteiger partial charge in [-0.05, 0) is 0 Å². The molecule has 48 valence electrons. The van der Waals surface area contributed by atoms with E-state index in [1.807, 2.05) is 0 Å². The molecule has 0 saturated heterocycles. The quantitative estimate of drug-likeness (QED) is 0.394. The first kappa shape index (κ1) is 7.84. The van der Waals surface area contributed by atoms with Crippen LogP contribution in [0.4, 0.5) is 0 Å². The van der Waals surface area contributed by atoms with Crippen molar-refractivity contribution in [3.63, 3.8) is 0 Å². The maximum absolute atomic E-state index is 2.12. The third kappa shape index (κ3) is 1.41. The van der Waals surface area contributed by atoms with E-state index >= 15 is 0 Å². The van der Waals surface area contributed by atoms with E-state index in [2.05, 4.69) is 32.0 Å². The Morgan fingerprint density at radius 3 is 2.25 bits per heavy atom. The van der Waals surface area contributed by atoms with E-state index in [0.29, 0.717) is 0 Å². The Balaban J connectivity index is 0.000000490. The Bertz CT molecular complexity index is 137. The fraction of sp³-hybridized carbons (Fsp3) is 0.286. The van der Waals surface area contributed by atoms with Crippen LogP contribution in [0.15, 0.2) is 18.2 Å². The zero-order valence-electron chi connectivity index (χ0n) is 5.05. The summed E-state index contributed by atoms with van der Waals surface area (Å²) in [6, 6.07) is 6.31. The van der Waals surface area contributed by atoms with Gasteiger partial charge in [0, 0.05) is 16.5 Å². The Labute approximate surface area is 60.2 Å². The predicted octanol–water partition coefficient (Wildman–Crippen LogP) is 2.02. The summed E-state index contributed by atoms with van der Waals surface area (Å²) in [6.07, 6.45) is 0. The maximum Gasteiger partial charge on any atom is 0 e. The SMILES string of the molecule is Cc1ccc[c-]1C.[Ni]. The molecule has 1 heteroatoms. The molecule has 0 aromatic heterocycles. The molecule has 0 saturated carbocycles. The summed E-state index contributed by atoms with van der Waals surface area (Å²) in [7, 11) is 0. The van der Waals surface area contributed by atoms with Crippen molar-refractivity contribution in [2.24, 2.45) is 0 Å². The molecule has 0 spiro atoms. The summed E-state index contributed by atoms with van der Waals surface area (Å²) in [5.74, 6) is 0. The fourth-order valence-electron chi connectivity index (χ4n) is 0.600. The van der Waals surface area contributed by atoms with E-state index in [1.54, 1.807) is 0 Å². The third-order valence-corrected chi connectivity index (χ3v) is 1.31. The molecule has 0 aliphatic heterocycles. The van der Waals surface area contributed by atoms with E-state index in [1.165, 1.54) is 11.1 Å². The van der Waals surface area contributed by atoms with Gasteiger partial charge in [-0.3, -0.25) is 0 Å². The minimum Gasteiger partial charge on any atom is -0.213 e. The first-order valence-electron chi connectivity index (χ1n) is 2.49. The second-order valence-corrected chi connectivity index (χ2v) is 1.89. The normalized spacial score (nSPS) is 8.25. The molecule has 0 unspecified atom stereocenters. The van der Waals surface area contributed by atoms with Crippen LogP contribution in [0.1, 0.15) is 11.1 Å². The van der Waals surface area contributed by atoms with Crippen molar-refractivity contribution in [3.8, 4) is 0 Å². The largest absolute Gasteiger partial charge is 0.213 e. The van der Waals surface area contributed by atoms with Gasteiger partial charge in [0.1, 0.15) is 0 Å². The molecule has 0 N–H and O–H groups in total. The molecule has 8 heavy (non-hydrogen) atoms. The molecule has 0 atom stereocenters. The average molecular weight is 152 g/mol. The molecule has 0 aliphatic carbocycles. The van der Waals surface area contributed by atoms with E-state index in [9.17, 15) is 0 Å². The average Bonchev–Trinajstić information content (AvgIpc) is 1.91. The topological polar surface area (TPSA) is 0 Å². The Morgan fingerprint density at radius 1 is 1.50 bits per heavy atom.